The first-order valence-corrected chi connectivity index (χ1v) is 3.99. The molecule has 0 amide bonds. The van der Waals surface area contributed by atoms with E-state index < -0.39 is 5.79 Å². The molecule has 0 atom stereocenters. The molecule has 13 heavy (non-hydrogen) atoms. The minimum absolute atomic E-state index is 0.265. The van der Waals surface area contributed by atoms with Gasteiger partial charge < -0.3 is 9.47 Å². The molecule has 72 valence electrons. The highest BCUT2D eigenvalue weighted by Gasteiger charge is 2.24. The van der Waals surface area contributed by atoms with Crippen LogP contribution < -0.4 is 0 Å². The average molecular weight is 184 g/mol. The van der Waals surface area contributed by atoms with Crippen LogP contribution in [0.15, 0.2) is 24.3 Å². The number of methoxy groups -OCH3 is 2. The fraction of sp³-hybridized carbons (Fsp3) is 0.400. The molecular formula is C10H13FO2. The molecule has 2 nitrogen and oxygen atoms in total. The SMILES string of the molecule is COC(C)(OC)c1ccc(F)cc1. The minimum Gasteiger partial charge on any atom is -0.349 e. The molecule has 1 rings (SSSR count). The third-order valence-corrected chi connectivity index (χ3v) is 2.15. The number of ether oxygens (including phenoxy) is 2. The Bertz CT molecular complexity index is 265. The predicted molar refractivity (Wildman–Crippen MR) is 47.8 cm³/mol. The molecule has 0 aliphatic heterocycles. The molecule has 0 spiro atoms. The Morgan fingerprint density at radius 1 is 1.08 bits per heavy atom. The highest BCUT2D eigenvalue weighted by atomic mass is 19.1. The first-order valence-electron chi connectivity index (χ1n) is 3.99. The Morgan fingerprint density at radius 2 is 1.54 bits per heavy atom. The normalized spacial score (nSPS) is 11.7. The van der Waals surface area contributed by atoms with Crippen molar-refractivity contribution in [1.29, 1.82) is 0 Å². The summed E-state index contributed by atoms with van der Waals surface area (Å²) in [7, 11) is 3.10. The average Bonchev–Trinajstić information content (AvgIpc) is 2.18. The zero-order valence-electron chi connectivity index (χ0n) is 8.00. The van der Waals surface area contributed by atoms with Crippen molar-refractivity contribution in [3.63, 3.8) is 0 Å². The third-order valence-electron chi connectivity index (χ3n) is 2.15. The van der Waals surface area contributed by atoms with Crippen molar-refractivity contribution in [3.8, 4) is 0 Å². The number of rotatable bonds is 3. The van der Waals surface area contributed by atoms with E-state index in [4.69, 9.17) is 9.47 Å². The molecule has 0 aliphatic rings. The minimum atomic E-state index is -0.798. The zero-order valence-corrected chi connectivity index (χ0v) is 8.00. The zero-order chi connectivity index (χ0) is 9.90. The Morgan fingerprint density at radius 3 is 1.92 bits per heavy atom. The lowest BCUT2D eigenvalue weighted by Gasteiger charge is -2.26. The van der Waals surface area contributed by atoms with Gasteiger partial charge in [-0.25, -0.2) is 4.39 Å². The highest BCUT2D eigenvalue weighted by Crippen LogP contribution is 2.24. The van der Waals surface area contributed by atoms with Crippen LogP contribution in [0.3, 0.4) is 0 Å². The van der Waals surface area contributed by atoms with Gasteiger partial charge in [-0.05, 0) is 19.1 Å². The van der Waals surface area contributed by atoms with E-state index in [1.807, 2.05) is 0 Å². The van der Waals surface area contributed by atoms with Crippen LogP contribution in [0.25, 0.3) is 0 Å². The van der Waals surface area contributed by atoms with Crippen molar-refractivity contribution < 1.29 is 13.9 Å². The van der Waals surface area contributed by atoms with Gasteiger partial charge in [0.1, 0.15) is 5.82 Å². The van der Waals surface area contributed by atoms with Crippen LogP contribution in [0.5, 0.6) is 0 Å². The summed E-state index contributed by atoms with van der Waals surface area (Å²) in [6, 6.07) is 6.04. The molecule has 0 bridgehead atoms. The van der Waals surface area contributed by atoms with Gasteiger partial charge in [-0.1, -0.05) is 12.1 Å². The second-order valence-corrected chi connectivity index (χ2v) is 2.86. The van der Waals surface area contributed by atoms with Crippen LogP contribution in [0, 0.1) is 5.82 Å². The van der Waals surface area contributed by atoms with E-state index >= 15 is 0 Å². The summed E-state index contributed by atoms with van der Waals surface area (Å²) in [5.41, 5.74) is 0.791. The first-order chi connectivity index (χ1) is 6.12. The highest BCUT2D eigenvalue weighted by molar-refractivity contribution is 5.20. The predicted octanol–water partition coefficient (Wildman–Crippen LogP) is 2.29. The maximum Gasteiger partial charge on any atom is 0.191 e. The third kappa shape index (κ3) is 2.05. The molecule has 0 aliphatic carbocycles. The van der Waals surface area contributed by atoms with Gasteiger partial charge in [0.15, 0.2) is 5.79 Å². The van der Waals surface area contributed by atoms with Crippen LogP contribution in [0.4, 0.5) is 4.39 Å². The Kier molecular flexibility index (Phi) is 3.01. The van der Waals surface area contributed by atoms with E-state index in [-0.39, 0.29) is 5.82 Å². The van der Waals surface area contributed by atoms with Crippen molar-refractivity contribution in [2.45, 2.75) is 12.7 Å². The van der Waals surface area contributed by atoms with Crippen molar-refractivity contribution in [2.75, 3.05) is 14.2 Å². The van der Waals surface area contributed by atoms with Crippen LogP contribution >= 0.6 is 0 Å². The summed E-state index contributed by atoms with van der Waals surface area (Å²) in [6.45, 7) is 1.78. The lowest BCUT2D eigenvalue weighted by molar-refractivity contribution is -0.201. The molecular weight excluding hydrogens is 171 g/mol. The number of benzene rings is 1. The van der Waals surface area contributed by atoms with E-state index in [1.54, 1.807) is 33.3 Å². The molecule has 3 heteroatoms. The van der Waals surface area contributed by atoms with E-state index in [1.165, 1.54) is 12.1 Å². The Labute approximate surface area is 77.3 Å². The van der Waals surface area contributed by atoms with Crippen molar-refractivity contribution in [1.82, 2.24) is 0 Å². The van der Waals surface area contributed by atoms with Gasteiger partial charge >= 0.3 is 0 Å². The number of hydrogen-bond acceptors (Lipinski definition) is 2. The van der Waals surface area contributed by atoms with Crippen molar-refractivity contribution >= 4 is 0 Å². The smallest absolute Gasteiger partial charge is 0.191 e. The van der Waals surface area contributed by atoms with Gasteiger partial charge in [0.25, 0.3) is 0 Å². The van der Waals surface area contributed by atoms with Gasteiger partial charge in [0, 0.05) is 19.8 Å². The summed E-state index contributed by atoms with van der Waals surface area (Å²) in [4.78, 5) is 0. The van der Waals surface area contributed by atoms with Crippen LogP contribution in [0.1, 0.15) is 12.5 Å². The summed E-state index contributed by atoms with van der Waals surface area (Å²) in [5, 5.41) is 0. The summed E-state index contributed by atoms with van der Waals surface area (Å²) in [5.74, 6) is -1.06. The Balaban J connectivity index is 2.99. The van der Waals surface area contributed by atoms with Gasteiger partial charge in [0.05, 0.1) is 0 Å². The van der Waals surface area contributed by atoms with Gasteiger partial charge in [0.2, 0.25) is 0 Å². The largest absolute Gasteiger partial charge is 0.349 e. The van der Waals surface area contributed by atoms with E-state index in [0.717, 1.165) is 5.56 Å². The first kappa shape index (κ1) is 10.2. The number of halogens is 1. The van der Waals surface area contributed by atoms with Gasteiger partial charge in [-0.15, -0.1) is 0 Å². The van der Waals surface area contributed by atoms with Gasteiger partial charge in [-0.2, -0.15) is 0 Å². The molecule has 0 fully saturated rings. The van der Waals surface area contributed by atoms with E-state index in [0.29, 0.717) is 0 Å². The molecule has 1 aromatic rings. The monoisotopic (exact) mass is 184 g/mol. The Hall–Kier alpha value is -0.930. The van der Waals surface area contributed by atoms with E-state index in [9.17, 15) is 4.39 Å². The molecule has 0 saturated heterocycles. The van der Waals surface area contributed by atoms with E-state index in [2.05, 4.69) is 0 Å². The second kappa shape index (κ2) is 3.85. The molecule has 0 aromatic heterocycles. The quantitative estimate of drug-likeness (QED) is 0.671. The topological polar surface area (TPSA) is 18.5 Å². The lowest BCUT2D eigenvalue weighted by Crippen LogP contribution is -2.26. The molecule has 0 unspecified atom stereocenters. The summed E-state index contributed by atoms with van der Waals surface area (Å²) >= 11 is 0. The van der Waals surface area contributed by atoms with Crippen LogP contribution in [0.2, 0.25) is 0 Å². The maximum absolute atomic E-state index is 12.6. The van der Waals surface area contributed by atoms with Crippen LogP contribution in [-0.2, 0) is 15.3 Å². The van der Waals surface area contributed by atoms with Crippen LogP contribution in [-0.4, -0.2) is 14.2 Å². The van der Waals surface area contributed by atoms with Crippen molar-refractivity contribution in [3.05, 3.63) is 35.6 Å². The standard InChI is InChI=1S/C10H13FO2/c1-10(12-2,13-3)8-4-6-9(11)7-5-8/h4-7H,1-3H3. The molecule has 0 heterocycles. The molecule has 0 saturated carbocycles. The fourth-order valence-electron chi connectivity index (χ4n) is 1.07. The maximum atomic E-state index is 12.6. The summed E-state index contributed by atoms with van der Waals surface area (Å²) < 4.78 is 22.9. The molecule has 0 N–H and O–H groups in total. The van der Waals surface area contributed by atoms with Gasteiger partial charge in [-0.3, -0.25) is 0 Å². The molecule has 0 radical (unpaired) electrons. The fourth-order valence-corrected chi connectivity index (χ4v) is 1.07. The number of hydrogen-bond donors (Lipinski definition) is 0. The van der Waals surface area contributed by atoms with Crippen molar-refractivity contribution in [2.24, 2.45) is 0 Å². The summed E-state index contributed by atoms with van der Waals surface area (Å²) in [6.07, 6.45) is 0. The second-order valence-electron chi connectivity index (χ2n) is 2.86. The lowest BCUT2D eigenvalue weighted by atomic mass is 10.1. The molecule has 1 aromatic carbocycles.